The summed E-state index contributed by atoms with van der Waals surface area (Å²) < 4.78 is 37.5. The van der Waals surface area contributed by atoms with E-state index in [9.17, 15) is 13.2 Å². The number of nitrogens with two attached hydrogens (primary N) is 1. The highest BCUT2D eigenvalue weighted by molar-refractivity contribution is 6.30. The van der Waals surface area contributed by atoms with Crippen LogP contribution in [-0.4, -0.2) is 30.4 Å². The number of halogens is 4. The summed E-state index contributed by atoms with van der Waals surface area (Å²) in [5.41, 5.74) is 6.49. The van der Waals surface area contributed by atoms with Crippen molar-refractivity contribution in [3.8, 4) is 0 Å². The maximum atomic E-state index is 12.5. The molecule has 0 aliphatic rings. The number of alkyl halides is 3. The molecule has 0 saturated heterocycles. The molecule has 0 radical (unpaired) electrons. The number of guanidine groups is 1. The fourth-order valence-electron chi connectivity index (χ4n) is 1.89. The van der Waals surface area contributed by atoms with E-state index in [0.29, 0.717) is 10.6 Å². The molecule has 0 spiro atoms. The first-order chi connectivity index (χ1) is 13.3. The topological polar surface area (TPSA) is 66.3 Å². The number of rotatable bonds is 5. The lowest BCUT2D eigenvalue weighted by atomic mass is 10.1. The Morgan fingerprint density at radius 3 is 2.25 bits per heavy atom. The molecule has 0 bridgehead atoms. The molecule has 9 heteroatoms. The standard InChI is InChI=1S/C19H17ClF3N5/c1-28(26-13-15-6-10-17(20)11-7-15)18(24)27-25-12-2-3-14-4-8-16(9-5-14)19(21,22)23/h2-13H,1H3,(H2,24,27)/b3-2+,25-12?,26-13?. The number of hydrogen-bond donors (Lipinski definition) is 1. The Balaban J connectivity index is 1.89. The second-order valence-electron chi connectivity index (χ2n) is 5.52. The first kappa shape index (κ1) is 21.2. The molecule has 2 N–H and O–H groups in total. The minimum Gasteiger partial charge on any atom is -0.367 e. The molecule has 2 aromatic carbocycles. The van der Waals surface area contributed by atoms with Crippen LogP contribution in [0.4, 0.5) is 13.2 Å². The molecule has 0 aromatic heterocycles. The van der Waals surface area contributed by atoms with Gasteiger partial charge in [0.25, 0.3) is 0 Å². The molecule has 2 aromatic rings. The van der Waals surface area contributed by atoms with Gasteiger partial charge in [0.05, 0.1) is 11.8 Å². The van der Waals surface area contributed by atoms with Crippen molar-refractivity contribution in [1.29, 1.82) is 0 Å². The van der Waals surface area contributed by atoms with Crippen molar-refractivity contribution in [3.63, 3.8) is 0 Å². The van der Waals surface area contributed by atoms with Gasteiger partial charge in [0.2, 0.25) is 5.96 Å². The molecule has 0 aliphatic heterocycles. The van der Waals surface area contributed by atoms with Crippen LogP contribution in [0.1, 0.15) is 16.7 Å². The van der Waals surface area contributed by atoms with Gasteiger partial charge in [-0.3, -0.25) is 0 Å². The normalized spacial score (nSPS) is 13.1. The highest BCUT2D eigenvalue weighted by Crippen LogP contribution is 2.29. The first-order valence-electron chi connectivity index (χ1n) is 7.99. The van der Waals surface area contributed by atoms with Crippen LogP contribution in [-0.2, 0) is 6.18 Å². The zero-order valence-electron chi connectivity index (χ0n) is 14.8. The van der Waals surface area contributed by atoms with E-state index >= 15 is 0 Å². The third-order valence-electron chi connectivity index (χ3n) is 3.42. The Bertz CT molecular complexity index is 885. The van der Waals surface area contributed by atoms with Crippen LogP contribution < -0.4 is 5.73 Å². The van der Waals surface area contributed by atoms with Gasteiger partial charge in [0.1, 0.15) is 0 Å². The highest BCUT2D eigenvalue weighted by atomic mass is 35.5. The lowest BCUT2D eigenvalue weighted by Crippen LogP contribution is -2.29. The molecule has 0 saturated carbocycles. The van der Waals surface area contributed by atoms with Gasteiger partial charge in [-0.25, -0.2) is 5.01 Å². The molecule has 146 valence electrons. The number of hydrazone groups is 1. The number of benzene rings is 2. The minimum absolute atomic E-state index is 0.0596. The lowest BCUT2D eigenvalue weighted by molar-refractivity contribution is -0.137. The molecule has 5 nitrogen and oxygen atoms in total. The van der Waals surface area contributed by atoms with Gasteiger partial charge < -0.3 is 5.73 Å². The van der Waals surface area contributed by atoms with Crippen LogP contribution in [0.3, 0.4) is 0 Å². The van der Waals surface area contributed by atoms with E-state index in [1.165, 1.54) is 29.4 Å². The number of hydrogen-bond acceptors (Lipinski definition) is 3. The largest absolute Gasteiger partial charge is 0.416 e. The average Bonchev–Trinajstić information content (AvgIpc) is 2.66. The van der Waals surface area contributed by atoms with Gasteiger partial charge in [-0.15, -0.1) is 5.10 Å². The second-order valence-corrected chi connectivity index (χ2v) is 5.96. The van der Waals surface area contributed by atoms with Crippen molar-refractivity contribution in [2.75, 3.05) is 7.05 Å². The van der Waals surface area contributed by atoms with E-state index in [1.54, 1.807) is 43.6 Å². The summed E-state index contributed by atoms with van der Waals surface area (Å²) in [6, 6.07) is 11.9. The van der Waals surface area contributed by atoms with Crippen molar-refractivity contribution in [3.05, 3.63) is 76.3 Å². The fourth-order valence-corrected chi connectivity index (χ4v) is 2.02. The van der Waals surface area contributed by atoms with E-state index in [4.69, 9.17) is 17.3 Å². The van der Waals surface area contributed by atoms with Crippen molar-refractivity contribution in [2.24, 2.45) is 21.0 Å². The van der Waals surface area contributed by atoms with E-state index < -0.39 is 11.7 Å². The van der Waals surface area contributed by atoms with Gasteiger partial charge >= 0.3 is 6.18 Å². The molecular formula is C19H17ClF3N5. The highest BCUT2D eigenvalue weighted by Gasteiger charge is 2.29. The zero-order valence-corrected chi connectivity index (χ0v) is 15.6. The number of allylic oxidation sites excluding steroid dienone is 1. The summed E-state index contributed by atoms with van der Waals surface area (Å²) in [5, 5.41) is 13.6. The summed E-state index contributed by atoms with van der Waals surface area (Å²) in [4.78, 5) is 0. The molecular weight excluding hydrogens is 391 g/mol. The van der Waals surface area contributed by atoms with Crippen molar-refractivity contribution in [2.45, 2.75) is 6.18 Å². The Morgan fingerprint density at radius 2 is 1.64 bits per heavy atom. The van der Waals surface area contributed by atoms with Crippen LogP contribution in [0.2, 0.25) is 5.02 Å². The Labute approximate surface area is 165 Å². The number of nitrogens with zero attached hydrogens (tertiary/aromatic N) is 4. The third kappa shape index (κ3) is 6.88. The summed E-state index contributed by atoms with van der Waals surface area (Å²) in [6.45, 7) is 0. The molecule has 2 rings (SSSR count). The maximum Gasteiger partial charge on any atom is 0.416 e. The Morgan fingerprint density at radius 1 is 1.04 bits per heavy atom. The van der Waals surface area contributed by atoms with Crippen LogP contribution in [0.25, 0.3) is 6.08 Å². The Hall–Kier alpha value is -3.13. The monoisotopic (exact) mass is 407 g/mol. The average molecular weight is 408 g/mol. The van der Waals surface area contributed by atoms with Gasteiger partial charge in [-0.2, -0.15) is 23.4 Å². The molecule has 0 heterocycles. The lowest BCUT2D eigenvalue weighted by Gasteiger charge is -2.09. The van der Waals surface area contributed by atoms with Crippen LogP contribution >= 0.6 is 11.6 Å². The molecule has 0 amide bonds. The van der Waals surface area contributed by atoms with Crippen molar-refractivity contribution in [1.82, 2.24) is 5.01 Å². The quantitative estimate of drug-likeness (QED) is 0.446. The summed E-state index contributed by atoms with van der Waals surface area (Å²) in [7, 11) is 1.61. The summed E-state index contributed by atoms with van der Waals surface area (Å²) in [5.74, 6) is 0.0596. The smallest absolute Gasteiger partial charge is 0.367 e. The molecule has 0 unspecified atom stereocenters. The van der Waals surface area contributed by atoms with Crippen LogP contribution in [0.5, 0.6) is 0 Å². The minimum atomic E-state index is -4.35. The second kappa shape index (κ2) is 9.70. The molecule has 0 atom stereocenters. The van der Waals surface area contributed by atoms with Crippen molar-refractivity contribution >= 4 is 36.1 Å². The van der Waals surface area contributed by atoms with Crippen LogP contribution in [0, 0.1) is 0 Å². The van der Waals surface area contributed by atoms with Gasteiger partial charge in [0, 0.05) is 18.3 Å². The van der Waals surface area contributed by atoms with Crippen molar-refractivity contribution < 1.29 is 13.2 Å². The van der Waals surface area contributed by atoms with E-state index in [2.05, 4.69) is 15.3 Å². The predicted octanol–water partition coefficient (Wildman–Crippen LogP) is 4.64. The summed E-state index contributed by atoms with van der Waals surface area (Å²) in [6.07, 6.45) is 1.74. The van der Waals surface area contributed by atoms with Gasteiger partial charge in [-0.1, -0.05) is 41.9 Å². The summed E-state index contributed by atoms with van der Waals surface area (Å²) >= 11 is 5.81. The third-order valence-corrected chi connectivity index (χ3v) is 3.67. The maximum absolute atomic E-state index is 12.5. The van der Waals surface area contributed by atoms with E-state index in [1.807, 2.05) is 0 Å². The van der Waals surface area contributed by atoms with E-state index in [0.717, 1.165) is 17.7 Å². The fraction of sp³-hybridized carbons (Fsp3) is 0.105. The zero-order chi connectivity index (χ0) is 20.6. The predicted molar refractivity (Wildman–Crippen MR) is 107 cm³/mol. The molecule has 28 heavy (non-hydrogen) atoms. The molecule has 0 aliphatic carbocycles. The Kier molecular flexibility index (Phi) is 7.34. The van der Waals surface area contributed by atoms with E-state index in [-0.39, 0.29) is 5.96 Å². The van der Waals surface area contributed by atoms with Gasteiger partial charge in [0.15, 0.2) is 0 Å². The van der Waals surface area contributed by atoms with Crippen LogP contribution in [0.15, 0.2) is 69.9 Å². The van der Waals surface area contributed by atoms with Gasteiger partial charge in [-0.05, 0) is 41.5 Å². The first-order valence-corrected chi connectivity index (χ1v) is 8.37. The molecule has 0 fully saturated rings. The SMILES string of the molecule is CN(N=Cc1ccc(Cl)cc1)C(N)=NN=C/C=C/c1ccc(C(F)(F)F)cc1.